The predicted molar refractivity (Wildman–Crippen MR) is 60.7 cm³/mol. The van der Waals surface area contributed by atoms with Gasteiger partial charge in [0, 0.05) is 6.07 Å². The van der Waals surface area contributed by atoms with Gasteiger partial charge in [0.1, 0.15) is 17.3 Å². The zero-order chi connectivity index (χ0) is 12.8. The molecular weight excluding hydrogens is 224 g/mol. The Balaban J connectivity index is 2.77. The molecule has 17 heavy (non-hydrogen) atoms. The van der Waals surface area contributed by atoms with Crippen molar-refractivity contribution in [3.05, 3.63) is 40.1 Å². The van der Waals surface area contributed by atoms with E-state index in [0.717, 1.165) is 0 Å². The average molecular weight is 238 g/mol. The number of rotatable bonds is 4. The molecule has 0 aliphatic carbocycles. The van der Waals surface area contributed by atoms with Crippen LogP contribution >= 0.6 is 0 Å². The quantitative estimate of drug-likeness (QED) is 0.454. The molecule has 0 unspecified atom stereocenters. The summed E-state index contributed by atoms with van der Waals surface area (Å²) < 4.78 is 14.8. The second-order valence-corrected chi connectivity index (χ2v) is 3.33. The number of hydrogen-bond acceptors (Lipinski definition) is 5. The second kappa shape index (κ2) is 5.89. The van der Waals surface area contributed by atoms with E-state index in [2.05, 4.69) is 0 Å². The van der Waals surface area contributed by atoms with E-state index in [-0.39, 0.29) is 0 Å². The van der Waals surface area contributed by atoms with Gasteiger partial charge in [0.2, 0.25) is 0 Å². The molecule has 5 nitrogen and oxygen atoms in total. The Hall–Kier alpha value is -2.04. The minimum atomic E-state index is -0.496. The molecule has 92 valence electrons. The van der Waals surface area contributed by atoms with Crippen LogP contribution in [-0.2, 0) is 9.53 Å². The highest BCUT2D eigenvalue weighted by Gasteiger charge is 2.03. The number of ether oxygens (including phenoxy) is 2. The predicted octanol–water partition coefficient (Wildman–Crippen LogP) is 1.79. The molecule has 0 bridgehead atoms. The minimum absolute atomic E-state index is 0.302. The number of carbonyl (C=O) groups is 1. The van der Waals surface area contributed by atoms with Gasteiger partial charge in [-0.3, -0.25) is 0 Å². The van der Waals surface area contributed by atoms with Crippen LogP contribution in [0, 0.1) is 6.92 Å². The van der Waals surface area contributed by atoms with Gasteiger partial charge in [-0.15, -0.1) is 0 Å². The van der Waals surface area contributed by atoms with E-state index in [4.69, 9.17) is 13.9 Å². The first-order valence-corrected chi connectivity index (χ1v) is 5.16. The largest absolute Gasteiger partial charge is 0.463 e. The lowest BCUT2D eigenvalue weighted by atomic mass is 10.4. The molecule has 0 aromatic carbocycles. The summed E-state index contributed by atoms with van der Waals surface area (Å²) in [6.45, 7) is 5.25. The van der Waals surface area contributed by atoms with Gasteiger partial charge in [-0.1, -0.05) is 0 Å². The molecule has 0 aliphatic rings. The van der Waals surface area contributed by atoms with Crippen LogP contribution in [0.2, 0.25) is 0 Å². The summed E-state index contributed by atoms with van der Waals surface area (Å²) in [6.07, 6.45) is 1.22. The fraction of sp³-hybridized carbons (Fsp3) is 0.333. The van der Waals surface area contributed by atoms with E-state index in [1.807, 2.05) is 0 Å². The number of aryl methyl sites for hydroxylation is 1. The zero-order valence-electron chi connectivity index (χ0n) is 9.98. The van der Waals surface area contributed by atoms with Crippen molar-refractivity contribution in [3.63, 3.8) is 0 Å². The summed E-state index contributed by atoms with van der Waals surface area (Å²) in [4.78, 5) is 22.2. The summed E-state index contributed by atoms with van der Waals surface area (Å²) in [6, 6.07) is 2.76. The van der Waals surface area contributed by atoms with Crippen LogP contribution in [0.1, 0.15) is 19.6 Å². The molecule has 0 N–H and O–H groups in total. The summed E-state index contributed by atoms with van der Waals surface area (Å²) in [5, 5.41) is 0. The Morgan fingerprint density at radius 3 is 2.76 bits per heavy atom. The lowest BCUT2D eigenvalue weighted by molar-refractivity contribution is -0.137. The molecule has 0 saturated carbocycles. The number of esters is 1. The van der Waals surface area contributed by atoms with Crippen molar-refractivity contribution in [2.45, 2.75) is 20.8 Å². The van der Waals surface area contributed by atoms with Crippen molar-refractivity contribution in [2.24, 2.45) is 0 Å². The summed E-state index contributed by atoms with van der Waals surface area (Å²) in [5.74, 6) is 0.631. The molecule has 0 saturated heterocycles. The molecule has 0 fully saturated rings. The van der Waals surface area contributed by atoms with E-state index in [0.29, 0.717) is 23.9 Å². The Bertz CT molecular complexity index is 484. The second-order valence-electron chi connectivity index (χ2n) is 3.33. The maximum atomic E-state index is 11.1. The molecule has 1 heterocycles. The van der Waals surface area contributed by atoms with Crippen molar-refractivity contribution < 1.29 is 18.7 Å². The third-order valence-electron chi connectivity index (χ3n) is 1.75. The molecule has 1 aromatic rings. The SMILES string of the molecule is CCOC(=O)/C=C(\C)Oc1cc(C)oc(=O)c1. The first kappa shape index (κ1) is 13.0. The van der Waals surface area contributed by atoms with Gasteiger partial charge in [-0.2, -0.15) is 0 Å². The maximum Gasteiger partial charge on any atom is 0.339 e. The van der Waals surface area contributed by atoms with Crippen molar-refractivity contribution in [3.8, 4) is 5.75 Å². The lowest BCUT2D eigenvalue weighted by Gasteiger charge is -2.05. The van der Waals surface area contributed by atoms with Gasteiger partial charge in [0.05, 0.1) is 18.7 Å². The van der Waals surface area contributed by atoms with Gasteiger partial charge in [-0.25, -0.2) is 9.59 Å². The van der Waals surface area contributed by atoms with Crippen LogP contribution in [0.15, 0.2) is 33.2 Å². The van der Waals surface area contributed by atoms with Gasteiger partial charge in [0.25, 0.3) is 0 Å². The van der Waals surface area contributed by atoms with Crippen LogP contribution in [0.4, 0.5) is 0 Å². The van der Waals surface area contributed by atoms with Crippen LogP contribution < -0.4 is 10.4 Å². The molecule has 1 aromatic heterocycles. The molecule has 5 heteroatoms. The number of carbonyl (C=O) groups excluding carboxylic acids is 1. The molecule has 0 spiro atoms. The van der Waals surface area contributed by atoms with Crippen molar-refractivity contribution >= 4 is 5.97 Å². The Morgan fingerprint density at radius 1 is 1.47 bits per heavy atom. The molecule has 1 rings (SSSR count). The highest BCUT2D eigenvalue weighted by molar-refractivity contribution is 5.82. The molecule has 0 amide bonds. The van der Waals surface area contributed by atoms with E-state index >= 15 is 0 Å². The lowest BCUT2D eigenvalue weighted by Crippen LogP contribution is -2.04. The standard InChI is InChI=1S/C12H14O5/c1-4-15-11(13)6-9(3)16-10-5-8(2)17-12(14)7-10/h5-7H,4H2,1-3H3/b9-6+. The monoisotopic (exact) mass is 238 g/mol. The molecule has 0 aliphatic heterocycles. The normalized spacial score (nSPS) is 11.1. The third-order valence-corrected chi connectivity index (χ3v) is 1.75. The fourth-order valence-electron chi connectivity index (χ4n) is 1.20. The smallest absolute Gasteiger partial charge is 0.339 e. The van der Waals surface area contributed by atoms with Gasteiger partial charge in [0.15, 0.2) is 0 Å². The Morgan fingerprint density at radius 2 is 2.18 bits per heavy atom. The van der Waals surface area contributed by atoms with Crippen molar-refractivity contribution in [1.29, 1.82) is 0 Å². The molecule has 0 radical (unpaired) electrons. The summed E-state index contributed by atoms with van der Waals surface area (Å²) >= 11 is 0. The maximum absolute atomic E-state index is 11.1. The third kappa shape index (κ3) is 4.55. The topological polar surface area (TPSA) is 65.7 Å². The van der Waals surface area contributed by atoms with Crippen molar-refractivity contribution in [1.82, 2.24) is 0 Å². The Kier molecular flexibility index (Phi) is 4.51. The van der Waals surface area contributed by atoms with Crippen LogP contribution in [0.5, 0.6) is 5.75 Å². The first-order valence-electron chi connectivity index (χ1n) is 5.16. The zero-order valence-corrected chi connectivity index (χ0v) is 9.98. The van der Waals surface area contributed by atoms with Crippen LogP contribution in [-0.4, -0.2) is 12.6 Å². The molecular formula is C12H14O5. The molecule has 0 atom stereocenters. The summed E-state index contributed by atoms with van der Waals surface area (Å²) in [7, 11) is 0. The highest BCUT2D eigenvalue weighted by Crippen LogP contribution is 2.12. The van der Waals surface area contributed by atoms with E-state index in [1.165, 1.54) is 12.1 Å². The van der Waals surface area contributed by atoms with Gasteiger partial charge in [-0.05, 0) is 20.8 Å². The highest BCUT2D eigenvalue weighted by atomic mass is 16.5. The van der Waals surface area contributed by atoms with Crippen LogP contribution in [0.3, 0.4) is 0 Å². The summed E-state index contributed by atoms with van der Waals surface area (Å²) in [5.41, 5.74) is -0.496. The van der Waals surface area contributed by atoms with E-state index in [9.17, 15) is 9.59 Å². The first-order chi connectivity index (χ1) is 8.01. The van der Waals surface area contributed by atoms with Gasteiger partial charge < -0.3 is 13.9 Å². The van der Waals surface area contributed by atoms with E-state index < -0.39 is 11.6 Å². The number of allylic oxidation sites excluding steroid dienone is 1. The van der Waals surface area contributed by atoms with Crippen LogP contribution in [0.25, 0.3) is 0 Å². The fourth-order valence-corrected chi connectivity index (χ4v) is 1.20. The Labute approximate surface area is 98.7 Å². The minimum Gasteiger partial charge on any atom is -0.463 e. The average Bonchev–Trinajstić information content (AvgIpc) is 2.14. The van der Waals surface area contributed by atoms with E-state index in [1.54, 1.807) is 26.8 Å². The van der Waals surface area contributed by atoms with Crippen molar-refractivity contribution in [2.75, 3.05) is 6.61 Å². The number of hydrogen-bond donors (Lipinski definition) is 0. The van der Waals surface area contributed by atoms with Gasteiger partial charge >= 0.3 is 11.6 Å².